The summed E-state index contributed by atoms with van der Waals surface area (Å²) in [6.45, 7) is 0.967. The maximum atomic E-state index is 14.5. The Morgan fingerprint density at radius 1 is 1.12 bits per heavy atom. The van der Waals surface area contributed by atoms with E-state index in [1.165, 1.54) is 30.2 Å². The van der Waals surface area contributed by atoms with E-state index in [1.54, 1.807) is 36.7 Å². The number of methoxy groups -OCH3 is 1. The first-order valence-electron chi connectivity index (χ1n) is 10.7. The molecule has 7 nitrogen and oxygen atoms in total. The van der Waals surface area contributed by atoms with Crippen molar-refractivity contribution in [2.75, 3.05) is 37.0 Å². The summed E-state index contributed by atoms with van der Waals surface area (Å²) in [5, 5.41) is 3.51. The third kappa shape index (κ3) is 7.18. The molecule has 2 aromatic carbocycles. The second-order valence-corrected chi connectivity index (χ2v) is 7.71. The average molecular weight is 486 g/mol. The Morgan fingerprint density at radius 3 is 2.62 bits per heavy atom. The monoisotopic (exact) mass is 485 g/mol. The minimum atomic E-state index is -0.547. The van der Waals surface area contributed by atoms with Gasteiger partial charge in [-0.3, -0.25) is 14.6 Å². The molecule has 178 valence electrons. The van der Waals surface area contributed by atoms with Crippen LogP contribution < -0.4 is 15.0 Å². The quantitative estimate of drug-likeness (QED) is 0.305. The van der Waals surface area contributed by atoms with E-state index in [-0.39, 0.29) is 24.2 Å². The molecule has 9 heteroatoms. The largest absolute Gasteiger partial charge is 0.492 e. The molecule has 0 aliphatic rings. The van der Waals surface area contributed by atoms with Crippen LogP contribution in [-0.2, 0) is 9.53 Å². The number of hydrogen-bond acceptors (Lipinski definition) is 6. The maximum absolute atomic E-state index is 14.5. The number of benzene rings is 2. The summed E-state index contributed by atoms with van der Waals surface area (Å²) in [5.41, 5.74) is 1.26. The van der Waals surface area contributed by atoms with Crippen LogP contribution in [0.3, 0.4) is 0 Å². The number of amides is 1. The summed E-state index contributed by atoms with van der Waals surface area (Å²) < 4.78 is 24.9. The number of aromatic nitrogens is 1. The van der Waals surface area contributed by atoms with E-state index < -0.39 is 17.7 Å². The number of nitrogens with one attached hydrogen (secondary N) is 1. The topological polar surface area (TPSA) is 80.8 Å². The molecule has 0 saturated carbocycles. The lowest BCUT2D eigenvalue weighted by atomic mass is 10.1. The average Bonchev–Trinajstić information content (AvgIpc) is 2.85. The number of carbonyl (C=O) groups is 2. The third-order valence-electron chi connectivity index (χ3n) is 4.88. The number of halogens is 2. The van der Waals surface area contributed by atoms with Crippen LogP contribution in [0.4, 0.5) is 15.8 Å². The Labute approximate surface area is 202 Å². The Kier molecular flexibility index (Phi) is 9.22. The van der Waals surface area contributed by atoms with Crippen molar-refractivity contribution in [3.8, 4) is 5.75 Å². The van der Waals surface area contributed by atoms with Crippen LogP contribution in [-0.4, -0.2) is 43.7 Å². The summed E-state index contributed by atoms with van der Waals surface area (Å²) in [4.78, 5) is 30.1. The van der Waals surface area contributed by atoms with E-state index in [9.17, 15) is 14.0 Å². The SMILES string of the molecule is COC(=O)CCCN(C(=O)c1cc(Cl)cc(OCCNc2ccncc2)c1)c1ccccc1F. The smallest absolute Gasteiger partial charge is 0.305 e. The zero-order valence-electron chi connectivity index (χ0n) is 18.7. The van der Waals surface area contributed by atoms with Crippen LogP contribution in [0.1, 0.15) is 23.2 Å². The van der Waals surface area contributed by atoms with E-state index in [1.807, 2.05) is 12.1 Å². The molecule has 3 aromatic rings. The van der Waals surface area contributed by atoms with Gasteiger partial charge in [0.15, 0.2) is 0 Å². The van der Waals surface area contributed by atoms with E-state index in [0.29, 0.717) is 30.3 Å². The van der Waals surface area contributed by atoms with Crippen molar-refractivity contribution in [1.82, 2.24) is 4.98 Å². The summed E-state index contributed by atoms with van der Waals surface area (Å²) in [6, 6.07) is 14.3. The Hall–Kier alpha value is -3.65. The number of hydrogen-bond donors (Lipinski definition) is 1. The van der Waals surface area contributed by atoms with Gasteiger partial charge in [-0.25, -0.2) is 4.39 Å². The first-order valence-corrected chi connectivity index (χ1v) is 11.1. The molecule has 0 aliphatic carbocycles. The van der Waals surface area contributed by atoms with E-state index >= 15 is 0 Å². The number of pyridine rings is 1. The molecule has 1 N–H and O–H groups in total. The van der Waals surface area contributed by atoms with Gasteiger partial charge < -0.3 is 19.7 Å². The number of carbonyl (C=O) groups excluding carboxylic acids is 2. The fraction of sp³-hybridized carbons (Fsp3) is 0.240. The number of para-hydroxylation sites is 1. The van der Waals surface area contributed by atoms with Gasteiger partial charge in [0.2, 0.25) is 0 Å². The Morgan fingerprint density at radius 2 is 1.88 bits per heavy atom. The molecule has 0 spiro atoms. The van der Waals surface area contributed by atoms with Gasteiger partial charge in [0.25, 0.3) is 5.91 Å². The molecule has 0 bridgehead atoms. The van der Waals surface area contributed by atoms with Crippen molar-refractivity contribution < 1.29 is 23.5 Å². The van der Waals surface area contributed by atoms with Crippen LogP contribution in [0, 0.1) is 5.82 Å². The van der Waals surface area contributed by atoms with Crippen molar-refractivity contribution in [2.45, 2.75) is 12.8 Å². The van der Waals surface area contributed by atoms with Gasteiger partial charge in [0.1, 0.15) is 18.2 Å². The van der Waals surface area contributed by atoms with Gasteiger partial charge in [-0.05, 0) is 48.9 Å². The predicted octanol–water partition coefficient (Wildman–Crippen LogP) is 4.97. The maximum Gasteiger partial charge on any atom is 0.305 e. The fourth-order valence-electron chi connectivity index (χ4n) is 3.24. The van der Waals surface area contributed by atoms with Crippen molar-refractivity contribution in [1.29, 1.82) is 0 Å². The van der Waals surface area contributed by atoms with Crippen LogP contribution in [0.5, 0.6) is 5.75 Å². The van der Waals surface area contributed by atoms with Crippen molar-refractivity contribution in [2.24, 2.45) is 0 Å². The van der Waals surface area contributed by atoms with Gasteiger partial charge in [0.05, 0.1) is 12.8 Å². The normalized spacial score (nSPS) is 10.4. The molecular formula is C25H25ClFN3O4. The lowest BCUT2D eigenvalue weighted by molar-refractivity contribution is -0.140. The van der Waals surface area contributed by atoms with E-state index in [4.69, 9.17) is 16.3 Å². The van der Waals surface area contributed by atoms with Gasteiger partial charge in [-0.2, -0.15) is 0 Å². The molecule has 1 aromatic heterocycles. The zero-order valence-corrected chi connectivity index (χ0v) is 19.4. The van der Waals surface area contributed by atoms with Crippen LogP contribution in [0.25, 0.3) is 0 Å². The van der Waals surface area contributed by atoms with Gasteiger partial charge >= 0.3 is 5.97 Å². The molecule has 0 radical (unpaired) electrons. The highest BCUT2D eigenvalue weighted by Crippen LogP contribution is 2.26. The molecule has 0 atom stereocenters. The summed E-state index contributed by atoms with van der Waals surface area (Å²) in [6.07, 6.45) is 3.77. The number of rotatable bonds is 11. The lowest BCUT2D eigenvalue weighted by Crippen LogP contribution is -2.33. The van der Waals surface area contributed by atoms with Crippen LogP contribution in [0.2, 0.25) is 5.02 Å². The number of esters is 1. The number of anilines is 2. The summed E-state index contributed by atoms with van der Waals surface area (Å²) in [7, 11) is 1.29. The summed E-state index contributed by atoms with van der Waals surface area (Å²) in [5.74, 6) is -0.998. The molecule has 34 heavy (non-hydrogen) atoms. The Balaban J connectivity index is 1.72. The lowest BCUT2D eigenvalue weighted by Gasteiger charge is -2.23. The molecule has 1 amide bonds. The molecule has 0 saturated heterocycles. The third-order valence-corrected chi connectivity index (χ3v) is 5.10. The first kappa shape index (κ1) is 25.0. The zero-order chi connectivity index (χ0) is 24.3. The number of ether oxygens (including phenoxy) is 2. The van der Waals surface area contributed by atoms with Gasteiger partial charge in [-0.1, -0.05) is 23.7 Å². The second-order valence-electron chi connectivity index (χ2n) is 7.27. The molecule has 3 rings (SSSR count). The molecule has 0 fully saturated rings. The van der Waals surface area contributed by atoms with Gasteiger partial charge in [-0.15, -0.1) is 0 Å². The van der Waals surface area contributed by atoms with Crippen molar-refractivity contribution in [3.05, 3.63) is 83.4 Å². The second kappa shape index (κ2) is 12.6. The van der Waals surface area contributed by atoms with Crippen molar-refractivity contribution >= 4 is 34.9 Å². The van der Waals surface area contributed by atoms with Crippen LogP contribution >= 0.6 is 11.6 Å². The van der Waals surface area contributed by atoms with Crippen LogP contribution in [0.15, 0.2) is 67.0 Å². The van der Waals surface area contributed by atoms with E-state index in [2.05, 4.69) is 15.0 Å². The first-order chi connectivity index (χ1) is 16.5. The standard InChI is InChI=1S/C25H25ClFN3O4/c1-33-24(31)7-4-13-30(23-6-3-2-5-22(23)27)25(32)18-15-19(26)17-21(16-18)34-14-12-29-20-8-10-28-11-9-20/h2-3,5-6,8-11,15-17H,4,7,12-14H2,1H3,(H,28,29). The highest BCUT2D eigenvalue weighted by Gasteiger charge is 2.22. The highest BCUT2D eigenvalue weighted by molar-refractivity contribution is 6.31. The Bertz CT molecular complexity index is 1110. The fourth-order valence-corrected chi connectivity index (χ4v) is 3.47. The minimum absolute atomic E-state index is 0.100. The van der Waals surface area contributed by atoms with Crippen molar-refractivity contribution in [3.63, 3.8) is 0 Å². The van der Waals surface area contributed by atoms with E-state index in [0.717, 1.165) is 5.69 Å². The molecule has 1 heterocycles. The van der Waals surface area contributed by atoms with Gasteiger partial charge in [0, 0.05) is 48.2 Å². The highest BCUT2D eigenvalue weighted by atomic mass is 35.5. The molecule has 0 unspecified atom stereocenters. The summed E-state index contributed by atoms with van der Waals surface area (Å²) >= 11 is 6.24. The molecular weight excluding hydrogens is 461 g/mol. The number of nitrogens with zero attached hydrogens (tertiary/aromatic N) is 2. The minimum Gasteiger partial charge on any atom is -0.492 e. The predicted molar refractivity (Wildman–Crippen MR) is 129 cm³/mol. The molecule has 0 aliphatic heterocycles.